The minimum atomic E-state index is -3.77. The van der Waals surface area contributed by atoms with E-state index in [9.17, 15) is 13.7 Å². The second-order valence-corrected chi connectivity index (χ2v) is 9.27. The van der Waals surface area contributed by atoms with E-state index >= 15 is 0 Å². The molecule has 148 valence electrons. The zero-order valence-electron chi connectivity index (χ0n) is 15.6. The Morgan fingerprint density at radius 3 is 2.59 bits per heavy atom. The molecule has 0 aliphatic carbocycles. The molecule has 1 saturated heterocycles. The van der Waals surface area contributed by atoms with Crippen molar-refractivity contribution in [3.63, 3.8) is 0 Å². The summed E-state index contributed by atoms with van der Waals surface area (Å²) >= 11 is 5.97. The van der Waals surface area contributed by atoms with Crippen molar-refractivity contribution < 1.29 is 8.42 Å². The summed E-state index contributed by atoms with van der Waals surface area (Å²) in [5.74, 6) is 0. The zero-order valence-corrected chi connectivity index (χ0v) is 17.2. The van der Waals surface area contributed by atoms with Crippen LogP contribution in [0.4, 0.5) is 0 Å². The average Bonchev–Trinajstić information content (AvgIpc) is 2.74. The number of nitrogens with zero attached hydrogens (tertiary/aromatic N) is 4. The number of aromatic nitrogens is 1. The molecule has 8 heteroatoms. The SMILES string of the molecule is N#Cc1ccc(Cl)cc1S(=O)(=O)N1CCN(Cc2cccc3cccnc23)CC1. The van der Waals surface area contributed by atoms with Crippen molar-refractivity contribution >= 4 is 32.5 Å². The maximum Gasteiger partial charge on any atom is 0.244 e. The number of hydrogen-bond donors (Lipinski definition) is 0. The van der Waals surface area contributed by atoms with Gasteiger partial charge < -0.3 is 0 Å². The normalized spacial score (nSPS) is 16.0. The monoisotopic (exact) mass is 426 g/mol. The van der Waals surface area contributed by atoms with Crippen LogP contribution in [0.2, 0.25) is 5.02 Å². The Labute approximate surface area is 175 Å². The summed E-state index contributed by atoms with van der Waals surface area (Å²) in [5, 5.41) is 10.7. The van der Waals surface area contributed by atoms with Crippen molar-refractivity contribution in [2.45, 2.75) is 11.4 Å². The molecule has 6 nitrogen and oxygen atoms in total. The number of benzene rings is 2. The van der Waals surface area contributed by atoms with Crippen LogP contribution in [0.15, 0.2) is 59.6 Å². The van der Waals surface area contributed by atoms with Crippen LogP contribution in [-0.2, 0) is 16.6 Å². The minimum absolute atomic E-state index is 0.0285. The van der Waals surface area contributed by atoms with Crippen LogP contribution in [0.25, 0.3) is 10.9 Å². The maximum atomic E-state index is 13.0. The fourth-order valence-corrected chi connectivity index (χ4v) is 5.43. The predicted molar refractivity (Wildman–Crippen MR) is 112 cm³/mol. The molecule has 4 rings (SSSR count). The number of pyridine rings is 1. The molecule has 1 fully saturated rings. The van der Waals surface area contributed by atoms with Gasteiger partial charge in [0.1, 0.15) is 11.0 Å². The summed E-state index contributed by atoms with van der Waals surface area (Å²) < 4.78 is 27.5. The summed E-state index contributed by atoms with van der Waals surface area (Å²) in [4.78, 5) is 6.68. The van der Waals surface area contributed by atoms with Crippen molar-refractivity contribution in [1.29, 1.82) is 5.26 Å². The van der Waals surface area contributed by atoms with Crippen LogP contribution < -0.4 is 0 Å². The standard InChI is InChI=1S/C21H19ClN4O2S/c22-19-7-6-17(14-23)20(13-19)29(27,28)26-11-9-25(10-12-26)15-18-4-1-3-16-5-2-8-24-21(16)18/h1-8,13H,9-12,15H2. The smallest absolute Gasteiger partial charge is 0.244 e. The molecule has 0 radical (unpaired) electrons. The predicted octanol–water partition coefficient (Wildman–Crippen LogP) is 3.27. The fraction of sp³-hybridized carbons (Fsp3) is 0.238. The van der Waals surface area contributed by atoms with Gasteiger partial charge in [-0.1, -0.05) is 35.9 Å². The number of nitriles is 1. The summed E-state index contributed by atoms with van der Waals surface area (Å²) in [6.07, 6.45) is 1.79. The van der Waals surface area contributed by atoms with Crippen molar-refractivity contribution in [3.05, 3.63) is 70.9 Å². The van der Waals surface area contributed by atoms with Gasteiger partial charge in [-0.2, -0.15) is 9.57 Å². The largest absolute Gasteiger partial charge is 0.296 e. The second kappa shape index (κ2) is 8.09. The lowest BCUT2D eigenvalue weighted by molar-refractivity contribution is 0.182. The van der Waals surface area contributed by atoms with E-state index < -0.39 is 10.0 Å². The molecule has 0 amide bonds. The molecule has 0 unspecified atom stereocenters. The van der Waals surface area contributed by atoms with Gasteiger partial charge in [-0.3, -0.25) is 9.88 Å². The van der Waals surface area contributed by atoms with Crippen LogP contribution in [0, 0.1) is 11.3 Å². The van der Waals surface area contributed by atoms with E-state index in [1.54, 1.807) is 6.20 Å². The lowest BCUT2D eigenvalue weighted by atomic mass is 10.1. The van der Waals surface area contributed by atoms with Crippen molar-refractivity contribution in [2.75, 3.05) is 26.2 Å². The third-order valence-corrected chi connectivity index (χ3v) is 7.30. The third kappa shape index (κ3) is 3.98. The topological polar surface area (TPSA) is 77.3 Å². The van der Waals surface area contributed by atoms with Crippen molar-refractivity contribution in [1.82, 2.24) is 14.2 Å². The van der Waals surface area contributed by atoms with E-state index in [1.165, 1.54) is 22.5 Å². The molecule has 3 aromatic rings. The highest BCUT2D eigenvalue weighted by Crippen LogP contribution is 2.25. The lowest BCUT2D eigenvalue weighted by Gasteiger charge is -2.34. The number of rotatable bonds is 4. The highest BCUT2D eigenvalue weighted by Gasteiger charge is 2.30. The van der Waals surface area contributed by atoms with Gasteiger partial charge in [-0.25, -0.2) is 8.42 Å². The first-order valence-corrected chi connectivity index (χ1v) is 11.1. The van der Waals surface area contributed by atoms with Gasteiger partial charge in [0.15, 0.2) is 0 Å². The Morgan fingerprint density at radius 1 is 1.07 bits per heavy atom. The van der Waals surface area contributed by atoms with Crippen LogP contribution in [0.1, 0.15) is 11.1 Å². The molecule has 1 aromatic heterocycles. The molecule has 1 aliphatic heterocycles. The lowest BCUT2D eigenvalue weighted by Crippen LogP contribution is -2.48. The van der Waals surface area contributed by atoms with E-state index in [2.05, 4.69) is 16.0 Å². The fourth-order valence-electron chi connectivity index (χ4n) is 3.60. The highest BCUT2D eigenvalue weighted by molar-refractivity contribution is 7.89. The summed E-state index contributed by atoms with van der Waals surface area (Å²) in [6, 6.07) is 16.3. The first-order valence-electron chi connectivity index (χ1n) is 9.24. The van der Waals surface area contributed by atoms with E-state index in [-0.39, 0.29) is 10.5 Å². The third-order valence-electron chi connectivity index (χ3n) is 5.12. The average molecular weight is 427 g/mol. The second-order valence-electron chi connectivity index (χ2n) is 6.92. The molecule has 2 aromatic carbocycles. The zero-order chi connectivity index (χ0) is 20.4. The molecule has 0 atom stereocenters. The van der Waals surface area contributed by atoms with E-state index in [0.29, 0.717) is 37.7 Å². The molecule has 2 heterocycles. The molecular formula is C21H19ClN4O2S. The maximum absolute atomic E-state index is 13.0. The molecule has 29 heavy (non-hydrogen) atoms. The van der Waals surface area contributed by atoms with Crippen LogP contribution in [-0.4, -0.2) is 48.8 Å². The Kier molecular flexibility index (Phi) is 5.52. The summed E-state index contributed by atoms with van der Waals surface area (Å²) in [5.41, 5.74) is 2.21. The van der Waals surface area contributed by atoms with Crippen molar-refractivity contribution in [2.24, 2.45) is 0 Å². The Hall–Kier alpha value is -2.50. The first-order chi connectivity index (χ1) is 14.0. The van der Waals surface area contributed by atoms with Gasteiger partial charge in [-0.15, -0.1) is 0 Å². The molecule has 1 aliphatic rings. The van der Waals surface area contributed by atoms with Gasteiger partial charge in [-0.05, 0) is 29.8 Å². The van der Waals surface area contributed by atoms with Crippen LogP contribution in [0.5, 0.6) is 0 Å². The van der Waals surface area contributed by atoms with Crippen LogP contribution in [0.3, 0.4) is 0 Å². The number of hydrogen-bond acceptors (Lipinski definition) is 5. The van der Waals surface area contributed by atoms with Gasteiger partial charge in [0.2, 0.25) is 10.0 Å². The molecule has 0 saturated carbocycles. The Bertz CT molecular complexity index is 1190. The molecule has 0 N–H and O–H groups in total. The molecule has 0 spiro atoms. The molecular weight excluding hydrogens is 408 g/mol. The minimum Gasteiger partial charge on any atom is -0.296 e. The van der Waals surface area contributed by atoms with Gasteiger partial charge in [0.05, 0.1) is 11.1 Å². The Morgan fingerprint density at radius 2 is 1.83 bits per heavy atom. The summed E-state index contributed by atoms with van der Waals surface area (Å²) in [6.45, 7) is 2.63. The van der Waals surface area contributed by atoms with Crippen LogP contribution >= 0.6 is 11.6 Å². The highest BCUT2D eigenvalue weighted by atomic mass is 35.5. The number of sulfonamides is 1. The summed E-state index contributed by atoms with van der Waals surface area (Å²) in [7, 11) is -3.77. The van der Waals surface area contributed by atoms with E-state index in [1.807, 2.05) is 30.3 Å². The van der Waals surface area contributed by atoms with E-state index in [4.69, 9.17) is 11.6 Å². The van der Waals surface area contributed by atoms with Gasteiger partial charge in [0, 0.05) is 49.3 Å². The Balaban J connectivity index is 1.50. The van der Waals surface area contributed by atoms with Gasteiger partial charge in [0.25, 0.3) is 0 Å². The number of piperazine rings is 1. The number of para-hydroxylation sites is 1. The molecule has 0 bridgehead atoms. The quantitative estimate of drug-likeness (QED) is 0.639. The van der Waals surface area contributed by atoms with Gasteiger partial charge >= 0.3 is 0 Å². The number of fused-ring (bicyclic) bond motifs is 1. The van der Waals surface area contributed by atoms with Crippen molar-refractivity contribution in [3.8, 4) is 6.07 Å². The number of halogens is 1. The first kappa shape index (κ1) is 19.8. The van der Waals surface area contributed by atoms with E-state index in [0.717, 1.165) is 16.5 Å².